The monoisotopic (exact) mass is 194 g/mol. The van der Waals surface area contributed by atoms with E-state index < -0.39 is 6.10 Å². The van der Waals surface area contributed by atoms with Crippen LogP contribution in [-0.2, 0) is 11.8 Å². The molecule has 1 aromatic rings. The molecule has 2 heterocycles. The minimum absolute atomic E-state index is 0.634. The van der Waals surface area contributed by atoms with Crippen LogP contribution in [0, 0.1) is 0 Å². The molecule has 76 valence electrons. The van der Waals surface area contributed by atoms with Crippen molar-refractivity contribution in [3.63, 3.8) is 0 Å². The Kier molecular flexibility index (Phi) is 2.54. The van der Waals surface area contributed by atoms with Crippen LogP contribution in [0.3, 0.4) is 0 Å². The first-order valence-electron chi connectivity index (χ1n) is 4.78. The Hall–Kier alpha value is -1.29. The number of allylic oxidation sites excluding steroid dienone is 1. The lowest BCUT2D eigenvalue weighted by molar-refractivity contribution is 0.0891. The van der Waals surface area contributed by atoms with E-state index in [9.17, 15) is 5.11 Å². The van der Waals surface area contributed by atoms with Crippen LogP contribution in [0.2, 0.25) is 0 Å². The van der Waals surface area contributed by atoms with Gasteiger partial charge in [-0.05, 0) is 25.0 Å². The number of ether oxygens (including phenoxy) is 1. The lowest BCUT2D eigenvalue weighted by Crippen LogP contribution is -2.10. The first-order valence-corrected chi connectivity index (χ1v) is 4.78. The van der Waals surface area contributed by atoms with Crippen LogP contribution in [-0.4, -0.2) is 21.5 Å². The predicted molar refractivity (Wildman–Crippen MR) is 51.4 cm³/mol. The third kappa shape index (κ3) is 1.80. The van der Waals surface area contributed by atoms with Gasteiger partial charge in [0.05, 0.1) is 12.3 Å². The van der Waals surface area contributed by atoms with Gasteiger partial charge in [0.15, 0.2) is 6.10 Å². The molecule has 0 saturated carbocycles. The van der Waals surface area contributed by atoms with Gasteiger partial charge in [-0.3, -0.25) is 4.68 Å². The van der Waals surface area contributed by atoms with Crippen LogP contribution < -0.4 is 0 Å². The summed E-state index contributed by atoms with van der Waals surface area (Å²) >= 11 is 0. The van der Waals surface area contributed by atoms with Crippen molar-refractivity contribution < 1.29 is 9.84 Å². The van der Waals surface area contributed by atoms with E-state index >= 15 is 0 Å². The van der Waals surface area contributed by atoms with Crippen molar-refractivity contribution in [1.82, 2.24) is 9.78 Å². The quantitative estimate of drug-likeness (QED) is 0.768. The average Bonchev–Trinajstić information content (AvgIpc) is 2.65. The van der Waals surface area contributed by atoms with E-state index in [2.05, 4.69) is 5.10 Å². The third-order valence-corrected chi connectivity index (χ3v) is 2.25. The summed E-state index contributed by atoms with van der Waals surface area (Å²) in [6, 6.07) is 1.80. The topological polar surface area (TPSA) is 47.3 Å². The molecule has 1 atom stereocenters. The van der Waals surface area contributed by atoms with E-state index in [0.29, 0.717) is 18.1 Å². The van der Waals surface area contributed by atoms with E-state index in [4.69, 9.17) is 4.74 Å². The number of hydrogen-bond acceptors (Lipinski definition) is 3. The van der Waals surface area contributed by atoms with Gasteiger partial charge < -0.3 is 9.84 Å². The molecule has 4 heteroatoms. The maximum atomic E-state index is 9.89. The predicted octanol–water partition coefficient (Wildman–Crippen LogP) is 1.15. The normalized spacial score (nSPS) is 18.6. The van der Waals surface area contributed by atoms with Gasteiger partial charge >= 0.3 is 0 Å². The first-order chi connectivity index (χ1) is 6.77. The van der Waals surface area contributed by atoms with E-state index in [1.165, 1.54) is 0 Å². The smallest absolute Gasteiger partial charge is 0.154 e. The Balaban J connectivity index is 2.14. The molecule has 14 heavy (non-hydrogen) atoms. The summed E-state index contributed by atoms with van der Waals surface area (Å²) in [5.41, 5.74) is 0.639. The van der Waals surface area contributed by atoms with Gasteiger partial charge in [0.25, 0.3) is 0 Å². The molecule has 1 aromatic heterocycles. The molecular formula is C10H14N2O2. The van der Waals surface area contributed by atoms with Crippen LogP contribution in [0.4, 0.5) is 0 Å². The van der Waals surface area contributed by atoms with Crippen molar-refractivity contribution in [3.8, 4) is 0 Å². The first kappa shape index (κ1) is 9.27. The number of aliphatic hydroxyl groups is 1. The van der Waals surface area contributed by atoms with Gasteiger partial charge in [0.1, 0.15) is 5.76 Å². The Bertz CT molecular complexity index is 344. The zero-order valence-electron chi connectivity index (χ0n) is 8.18. The van der Waals surface area contributed by atoms with Crippen LogP contribution in [0.25, 0.3) is 0 Å². The summed E-state index contributed by atoms with van der Waals surface area (Å²) in [5.74, 6) is 0.634. The lowest BCUT2D eigenvalue weighted by atomic mass is 10.1. The highest BCUT2D eigenvalue weighted by Crippen LogP contribution is 2.24. The molecular weight excluding hydrogens is 180 g/mol. The molecule has 0 saturated heterocycles. The van der Waals surface area contributed by atoms with Crippen molar-refractivity contribution in [2.24, 2.45) is 7.05 Å². The van der Waals surface area contributed by atoms with Crippen LogP contribution in [0.15, 0.2) is 24.1 Å². The standard InChI is InChI=1S/C10H14N2O2/c1-12-6-5-8(11-12)10(13)9-4-2-3-7-14-9/h4-6,10,13H,2-3,7H2,1H3. The summed E-state index contributed by atoms with van der Waals surface area (Å²) in [7, 11) is 1.83. The fourth-order valence-corrected chi connectivity index (χ4v) is 1.49. The molecule has 2 rings (SSSR count). The van der Waals surface area contributed by atoms with E-state index in [0.717, 1.165) is 12.8 Å². The number of aryl methyl sites for hydroxylation is 1. The molecule has 0 spiro atoms. The summed E-state index contributed by atoms with van der Waals surface area (Å²) in [6.07, 6.45) is 5.03. The molecule has 0 radical (unpaired) electrons. The Morgan fingerprint density at radius 2 is 2.50 bits per heavy atom. The second kappa shape index (κ2) is 3.84. The zero-order chi connectivity index (χ0) is 9.97. The van der Waals surface area contributed by atoms with Gasteiger partial charge in [0.2, 0.25) is 0 Å². The van der Waals surface area contributed by atoms with Crippen LogP contribution in [0.5, 0.6) is 0 Å². The Morgan fingerprint density at radius 3 is 3.07 bits per heavy atom. The van der Waals surface area contributed by atoms with Crippen LogP contribution in [0.1, 0.15) is 24.6 Å². The number of nitrogens with zero attached hydrogens (tertiary/aromatic N) is 2. The van der Waals surface area contributed by atoms with E-state index in [1.807, 2.05) is 19.3 Å². The highest BCUT2D eigenvalue weighted by molar-refractivity contribution is 5.15. The maximum absolute atomic E-state index is 9.89. The lowest BCUT2D eigenvalue weighted by Gasteiger charge is -2.18. The third-order valence-electron chi connectivity index (χ3n) is 2.25. The minimum Gasteiger partial charge on any atom is -0.495 e. The molecule has 1 unspecified atom stereocenters. The molecule has 1 aliphatic heterocycles. The van der Waals surface area contributed by atoms with Crippen molar-refractivity contribution >= 4 is 0 Å². The fraction of sp³-hybridized carbons (Fsp3) is 0.500. The molecule has 1 aliphatic rings. The summed E-state index contributed by atoms with van der Waals surface area (Å²) in [5, 5.41) is 14.0. The summed E-state index contributed by atoms with van der Waals surface area (Å²) < 4.78 is 7.03. The van der Waals surface area contributed by atoms with Gasteiger partial charge in [0, 0.05) is 13.2 Å². The average molecular weight is 194 g/mol. The Morgan fingerprint density at radius 1 is 1.64 bits per heavy atom. The number of aromatic nitrogens is 2. The highest BCUT2D eigenvalue weighted by Gasteiger charge is 2.18. The Labute approximate surface area is 82.8 Å². The van der Waals surface area contributed by atoms with Gasteiger partial charge in [-0.25, -0.2) is 0 Å². The second-order valence-electron chi connectivity index (χ2n) is 3.41. The SMILES string of the molecule is Cn1ccc(C(O)C2=CCCCO2)n1. The number of aliphatic hydroxyl groups excluding tert-OH is 1. The molecule has 1 N–H and O–H groups in total. The second-order valence-corrected chi connectivity index (χ2v) is 3.41. The summed E-state index contributed by atoms with van der Waals surface area (Å²) in [4.78, 5) is 0. The fourth-order valence-electron chi connectivity index (χ4n) is 1.49. The number of rotatable bonds is 2. The van der Waals surface area contributed by atoms with Crippen molar-refractivity contribution in [1.29, 1.82) is 0 Å². The largest absolute Gasteiger partial charge is 0.495 e. The zero-order valence-corrected chi connectivity index (χ0v) is 8.18. The van der Waals surface area contributed by atoms with Gasteiger partial charge in [-0.2, -0.15) is 5.10 Å². The number of hydrogen-bond donors (Lipinski definition) is 1. The van der Waals surface area contributed by atoms with Crippen molar-refractivity contribution in [2.75, 3.05) is 6.61 Å². The molecule has 4 nitrogen and oxygen atoms in total. The van der Waals surface area contributed by atoms with Gasteiger partial charge in [-0.1, -0.05) is 0 Å². The molecule has 0 fully saturated rings. The maximum Gasteiger partial charge on any atom is 0.154 e. The molecule has 0 bridgehead atoms. The van der Waals surface area contributed by atoms with Crippen LogP contribution >= 0.6 is 0 Å². The van der Waals surface area contributed by atoms with Gasteiger partial charge in [-0.15, -0.1) is 0 Å². The minimum atomic E-state index is -0.712. The highest BCUT2D eigenvalue weighted by atomic mass is 16.5. The van der Waals surface area contributed by atoms with Crippen molar-refractivity contribution in [2.45, 2.75) is 18.9 Å². The van der Waals surface area contributed by atoms with E-state index in [1.54, 1.807) is 10.7 Å². The molecule has 0 aliphatic carbocycles. The van der Waals surface area contributed by atoms with E-state index in [-0.39, 0.29) is 0 Å². The molecule has 0 aromatic carbocycles. The van der Waals surface area contributed by atoms with Crippen molar-refractivity contribution in [3.05, 3.63) is 29.8 Å². The molecule has 0 amide bonds. The summed E-state index contributed by atoms with van der Waals surface area (Å²) in [6.45, 7) is 0.690.